The Balaban J connectivity index is 3.06. The molecule has 12 heteroatoms. The molecule has 5 unspecified atom stereocenters. The molecule has 1 rings (SSSR count). The van der Waals surface area contributed by atoms with E-state index in [0.717, 1.165) is 5.56 Å². The quantitative estimate of drug-likeness (QED) is 0.213. The fourth-order valence-electron chi connectivity index (χ4n) is 3.68. The summed E-state index contributed by atoms with van der Waals surface area (Å²) < 4.78 is 0. The minimum Gasteiger partial charge on any atom is -0.349 e. The van der Waals surface area contributed by atoms with Crippen molar-refractivity contribution in [1.29, 1.82) is 0 Å². The van der Waals surface area contributed by atoms with E-state index in [0.29, 0.717) is 6.42 Å². The molecule has 0 spiro atoms. The van der Waals surface area contributed by atoms with Crippen LogP contribution in [0.1, 0.15) is 66.0 Å². The van der Waals surface area contributed by atoms with E-state index in [1.54, 1.807) is 20.8 Å². The summed E-state index contributed by atoms with van der Waals surface area (Å²) >= 11 is 0. The number of amides is 5. The Kier molecular flexibility index (Phi) is 12.9. The summed E-state index contributed by atoms with van der Waals surface area (Å²) in [4.78, 5) is 77.9. The molecule has 5 amide bonds. The topological polar surface area (TPSA) is 180 Å². The molecule has 6 N–H and O–H groups in total. The van der Waals surface area contributed by atoms with Crippen molar-refractivity contribution in [2.24, 2.45) is 11.1 Å². The second-order valence-electron chi connectivity index (χ2n) is 11.1. The molecule has 1 aromatic rings. The van der Waals surface area contributed by atoms with Crippen molar-refractivity contribution in [3.8, 4) is 0 Å². The molecule has 0 saturated carbocycles. The van der Waals surface area contributed by atoms with Crippen LogP contribution in [0.3, 0.4) is 0 Å². The number of rotatable bonds is 13. The third kappa shape index (κ3) is 10.4. The maximum absolute atomic E-state index is 13.2. The van der Waals surface area contributed by atoms with Gasteiger partial charge in [0, 0.05) is 14.1 Å². The first-order chi connectivity index (χ1) is 18.5. The lowest BCUT2D eigenvalue weighted by Gasteiger charge is -2.32. The predicted octanol–water partition coefficient (Wildman–Crippen LogP) is 0.169. The largest absolute Gasteiger partial charge is 0.349 e. The third-order valence-electron chi connectivity index (χ3n) is 6.23. The van der Waals surface area contributed by atoms with Gasteiger partial charge in [-0.05, 0) is 31.2 Å². The fraction of sp³-hybridized carbons (Fsp3) is 0.571. The molecule has 0 bridgehead atoms. The van der Waals surface area contributed by atoms with Crippen molar-refractivity contribution in [1.82, 2.24) is 26.2 Å². The number of nitrogens with two attached hydrogens (primary N) is 1. The minimum atomic E-state index is -1.38. The first kappa shape index (κ1) is 34.2. The van der Waals surface area contributed by atoms with Crippen molar-refractivity contribution in [2.45, 2.75) is 84.6 Å². The molecule has 0 fully saturated rings. The molecule has 40 heavy (non-hydrogen) atoms. The first-order valence-electron chi connectivity index (χ1n) is 13.3. The summed E-state index contributed by atoms with van der Waals surface area (Å²) in [5.74, 6) is -4.33. The van der Waals surface area contributed by atoms with Crippen LogP contribution >= 0.6 is 0 Å². The zero-order valence-electron chi connectivity index (χ0n) is 24.7. The summed E-state index contributed by atoms with van der Waals surface area (Å²) in [7, 11) is 2.99. The molecule has 0 aliphatic heterocycles. The molecule has 0 saturated heterocycles. The Bertz CT molecular complexity index is 1070. The number of carbonyl (C=O) groups is 6. The Morgan fingerprint density at radius 3 is 1.90 bits per heavy atom. The van der Waals surface area contributed by atoms with Gasteiger partial charge in [-0.1, -0.05) is 58.0 Å². The fourth-order valence-corrected chi connectivity index (χ4v) is 3.68. The zero-order chi connectivity index (χ0) is 30.8. The van der Waals surface area contributed by atoms with Crippen LogP contribution in [0.15, 0.2) is 30.3 Å². The number of ketones is 1. The van der Waals surface area contributed by atoms with Gasteiger partial charge in [0.15, 0.2) is 0 Å². The molecule has 0 aliphatic carbocycles. The van der Waals surface area contributed by atoms with Crippen LogP contribution in [-0.2, 0) is 28.8 Å². The summed E-state index contributed by atoms with van der Waals surface area (Å²) in [6.45, 7) is 9.84. The smallest absolute Gasteiger partial charge is 0.290 e. The van der Waals surface area contributed by atoms with E-state index in [1.807, 2.05) is 37.3 Å². The van der Waals surface area contributed by atoms with E-state index in [9.17, 15) is 28.8 Å². The number of hydrogen-bond donors (Lipinski definition) is 5. The van der Waals surface area contributed by atoms with Gasteiger partial charge < -0.3 is 31.9 Å². The van der Waals surface area contributed by atoms with E-state index in [2.05, 4.69) is 21.3 Å². The molecule has 0 aliphatic rings. The highest BCUT2D eigenvalue weighted by molar-refractivity contribution is 6.38. The molecule has 0 radical (unpaired) electrons. The maximum Gasteiger partial charge on any atom is 0.290 e. The summed E-state index contributed by atoms with van der Waals surface area (Å²) in [6.07, 6.45) is 0.126. The average Bonchev–Trinajstić information content (AvgIpc) is 2.88. The molecule has 0 heterocycles. The number of nitrogens with one attached hydrogen (secondary N) is 4. The minimum absolute atomic E-state index is 0.397. The van der Waals surface area contributed by atoms with Crippen molar-refractivity contribution >= 4 is 35.3 Å². The van der Waals surface area contributed by atoms with Gasteiger partial charge in [-0.15, -0.1) is 0 Å². The zero-order valence-corrected chi connectivity index (χ0v) is 24.7. The van der Waals surface area contributed by atoms with Gasteiger partial charge in [-0.3, -0.25) is 28.8 Å². The van der Waals surface area contributed by atoms with E-state index in [4.69, 9.17) is 5.73 Å². The average molecular weight is 561 g/mol. The number of Topliss-reactive ketones (excluding diaryl/α,β-unsaturated/α-hetero) is 1. The SMILES string of the molecule is CCC(NC(=O)C(=O)C(C)NC(=O)C(CC(=O)N(C)C)NC(=O)C(NC(=O)C(C)N)C(C)(C)C)c1ccccc1. The molecule has 1 aromatic carbocycles. The van der Waals surface area contributed by atoms with Gasteiger partial charge in [0.25, 0.3) is 5.91 Å². The molecule has 0 aromatic heterocycles. The molecular weight excluding hydrogens is 516 g/mol. The van der Waals surface area contributed by atoms with E-state index >= 15 is 0 Å². The van der Waals surface area contributed by atoms with Gasteiger partial charge in [0.05, 0.1) is 24.5 Å². The first-order valence-corrected chi connectivity index (χ1v) is 13.3. The predicted molar refractivity (Wildman–Crippen MR) is 151 cm³/mol. The van der Waals surface area contributed by atoms with Crippen LogP contribution in [0.2, 0.25) is 0 Å². The number of hydrogen-bond acceptors (Lipinski definition) is 7. The molecule has 222 valence electrons. The lowest BCUT2D eigenvalue weighted by Crippen LogP contribution is -2.60. The van der Waals surface area contributed by atoms with Crippen LogP contribution in [0, 0.1) is 5.41 Å². The lowest BCUT2D eigenvalue weighted by atomic mass is 9.85. The Labute approximate surface area is 236 Å². The van der Waals surface area contributed by atoms with Gasteiger partial charge in [0.2, 0.25) is 29.4 Å². The van der Waals surface area contributed by atoms with Crippen molar-refractivity contribution < 1.29 is 28.8 Å². The van der Waals surface area contributed by atoms with Gasteiger partial charge in [-0.25, -0.2) is 0 Å². The second kappa shape index (κ2) is 15.1. The Morgan fingerprint density at radius 2 is 1.43 bits per heavy atom. The van der Waals surface area contributed by atoms with E-state index < -0.39 is 77.4 Å². The number of carbonyl (C=O) groups excluding carboxylic acids is 6. The van der Waals surface area contributed by atoms with E-state index in [1.165, 1.54) is 32.8 Å². The van der Waals surface area contributed by atoms with Crippen LogP contribution in [0.4, 0.5) is 0 Å². The third-order valence-corrected chi connectivity index (χ3v) is 6.23. The lowest BCUT2D eigenvalue weighted by molar-refractivity contribution is -0.141. The maximum atomic E-state index is 13.2. The van der Waals surface area contributed by atoms with Crippen molar-refractivity contribution in [2.75, 3.05) is 14.1 Å². The Morgan fingerprint density at radius 1 is 0.850 bits per heavy atom. The summed E-state index contributed by atoms with van der Waals surface area (Å²) in [5.41, 5.74) is 5.70. The molecular formula is C28H44N6O6. The molecule has 12 nitrogen and oxygen atoms in total. The van der Waals surface area contributed by atoms with Crippen molar-refractivity contribution in [3.63, 3.8) is 0 Å². The normalized spacial score (nSPS) is 14.9. The van der Waals surface area contributed by atoms with Crippen LogP contribution in [0.25, 0.3) is 0 Å². The van der Waals surface area contributed by atoms with Crippen molar-refractivity contribution in [3.05, 3.63) is 35.9 Å². The highest BCUT2D eigenvalue weighted by Gasteiger charge is 2.37. The Hall–Kier alpha value is -3.80. The van der Waals surface area contributed by atoms with Gasteiger partial charge >= 0.3 is 0 Å². The highest BCUT2D eigenvalue weighted by atomic mass is 16.2. The number of nitrogens with zero attached hydrogens (tertiary/aromatic N) is 1. The van der Waals surface area contributed by atoms with Crippen LogP contribution < -0.4 is 27.0 Å². The molecule has 5 atom stereocenters. The highest BCUT2D eigenvalue weighted by Crippen LogP contribution is 2.20. The van der Waals surface area contributed by atoms with Crippen LogP contribution in [0.5, 0.6) is 0 Å². The van der Waals surface area contributed by atoms with Gasteiger partial charge in [-0.2, -0.15) is 0 Å². The van der Waals surface area contributed by atoms with E-state index in [-0.39, 0.29) is 0 Å². The standard InChI is InChI=1S/C28H44N6O6/c1-9-19(18-13-11-10-12-14-18)31-26(39)22(36)17(3)30-25(38)20(15-21(35)34(7)8)32-27(40)23(28(4,5)6)33-24(37)16(2)29/h10-14,16-17,19-20,23H,9,15,29H2,1-8H3,(H,30,38)(H,31,39)(H,32,40)(H,33,37). The van der Waals surface area contributed by atoms with Crippen LogP contribution in [-0.4, -0.2) is 78.5 Å². The monoisotopic (exact) mass is 560 g/mol. The van der Waals surface area contributed by atoms with Gasteiger partial charge in [0.1, 0.15) is 12.1 Å². The summed E-state index contributed by atoms with van der Waals surface area (Å²) in [5, 5.41) is 10.2. The number of benzene rings is 1. The second-order valence-corrected chi connectivity index (χ2v) is 11.1. The summed E-state index contributed by atoms with van der Waals surface area (Å²) in [6, 6.07) is 4.18.